The predicted octanol–water partition coefficient (Wildman–Crippen LogP) is 3.18. The van der Waals surface area contributed by atoms with Crippen LogP contribution in [-0.4, -0.2) is 0 Å². The van der Waals surface area contributed by atoms with Crippen molar-refractivity contribution in [1.82, 2.24) is 0 Å². The number of halogens is 1. The second kappa shape index (κ2) is 3.15. The maximum atomic E-state index is 5.76. The number of hydrogen-bond acceptors (Lipinski definition) is 2. The van der Waals surface area contributed by atoms with Crippen LogP contribution in [0.3, 0.4) is 0 Å². The predicted molar refractivity (Wildman–Crippen MR) is 53.6 cm³/mol. The molecule has 3 heteroatoms. The van der Waals surface area contributed by atoms with Crippen molar-refractivity contribution in [3.8, 4) is 11.1 Å². The standard InChI is InChI=1S/C10H8ClNO/c11-8-3-1-7(2-4-8)9-5-13-6-10(9)12/h1-6H,12H2. The van der Waals surface area contributed by atoms with Gasteiger partial charge in [0, 0.05) is 10.6 Å². The fourth-order valence-electron chi connectivity index (χ4n) is 1.17. The Hall–Kier alpha value is -1.41. The van der Waals surface area contributed by atoms with Crippen molar-refractivity contribution in [2.24, 2.45) is 0 Å². The Morgan fingerprint density at radius 1 is 1.08 bits per heavy atom. The summed E-state index contributed by atoms with van der Waals surface area (Å²) >= 11 is 5.76. The van der Waals surface area contributed by atoms with Crippen molar-refractivity contribution < 1.29 is 4.42 Å². The Bertz CT molecular complexity index is 405. The zero-order valence-corrected chi connectivity index (χ0v) is 7.58. The van der Waals surface area contributed by atoms with Gasteiger partial charge in [0.2, 0.25) is 0 Å². The van der Waals surface area contributed by atoms with E-state index >= 15 is 0 Å². The third-order valence-electron chi connectivity index (χ3n) is 1.85. The molecule has 1 aromatic carbocycles. The van der Waals surface area contributed by atoms with Gasteiger partial charge < -0.3 is 10.2 Å². The zero-order valence-electron chi connectivity index (χ0n) is 6.83. The van der Waals surface area contributed by atoms with E-state index in [9.17, 15) is 0 Å². The molecule has 1 heterocycles. The molecular formula is C10H8ClNO. The van der Waals surface area contributed by atoms with Crippen molar-refractivity contribution in [1.29, 1.82) is 0 Å². The fraction of sp³-hybridized carbons (Fsp3) is 0. The Kier molecular flexibility index (Phi) is 1.99. The quantitative estimate of drug-likeness (QED) is 0.756. The Morgan fingerprint density at radius 3 is 2.31 bits per heavy atom. The zero-order chi connectivity index (χ0) is 9.26. The molecular weight excluding hydrogens is 186 g/mol. The molecule has 2 nitrogen and oxygen atoms in total. The van der Waals surface area contributed by atoms with Gasteiger partial charge in [-0.2, -0.15) is 0 Å². The Morgan fingerprint density at radius 2 is 1.77 bits per heavy atom. The lowest BCUT2D eigenvalue weighted by atomic mass is 10.1. The van der Waals surface area contributed by atoms with Crippen LogP contribution in [0.5, 0.6) is 0 Å². The van der Waals surface area contributed by atoms with E-state index < -0.39 is 0 Å². The molecule has 0 bridgehead atoms. The van der Waals surface area contributed by atoms with Gasteiger partial charge in [-0.25, -0.2) is 0 Å². The average molecular weight is 194 g/mol. The van der Waals surface area contributed by atoms with Gasteiger partial charge in [0.25, 0.3) is 0 Å². The van der Waals surface area contributed by atoms with Crippen molar-refractivity contribution in [2.45, 2.75) is 0 Å². The van der Waals surface area contributed by atoms with E-state index in [0.717, 1.165) is 11.1 Å². The highest BCUT2D eigenvalue weighted by Crippen LogP contribution is 2.27. The first-order valence-electron chi connectivity index (χ1n) is 3.85. The van der Waals surface area contributed by atoms with Gasteiger partial charge in [-0.05, 0) is 17.7 Å². The van der Waals surface area contributed by atoms with Crippen LogP contribution in [0.15, 0.2) is 41.2 Å². The highest BCUT2D eigenvalue weighted by molar-refractivity contribution is 6.30. The van der Waals surface area contributed by atoms with Crippen molar-refractivity contribution in [3.05, 3.63) is 41.8 Å². The van der Waals surface area contributed by atoms with Gasteiger partial charge in [-0.1, -0.05) is 23.7 Å². The normalized spacial score (nSPS) is 10.2. The smallest absolute Gasteiger partial charge is 0.114 e. The summed E-state index contributed by atoms with van der Waals surface area (Å²) in [6.07, 6.45) is 3.14. The average Bonchev–Trinajstić information content (AvgIpc) is 2.53. The third kappa shape index (κ3) is 1.53. The Balaban J connectivity index is 2.47. The highest BCUT2D eigenvalue weighted by Gasteiger charge is 2.03. The van der Waals surface area contributed by atoms with Gasteiger partial charge in [-0.3, -0.25) is 0 Å². The molecule has 2 aromatic rings. The van der Waals surface area contributed by atoms with E-state index in [1.807, 2.05) is 24.3 Å². The second-order valence-corrected chi connectivity index (χ2v) is 3.18. The summed E-state index contributed by atoms with van der Waals surface area (Å²) < 4.78 is 4.97. The molecule has 0 amide bonds. The Labute approximate surface area is 80.9 Å². The number of benzene rings is 1. The first-order chi connectivity index (χ1) is 6.27. The van der Waals surface area contributed by atoms with Gasteiger partial charge >= 0.3 is 0 Å². The van der Waals surface area contributed by atoms with E-state index in [1.165, 1.54) is 6.26 Å². The molecule has 0 aliphatic carbocycles. The van der Waals surface area contributed by atoms with Gasteiger partial charge in [-0.15, -0.1) is 0 Å². The van der Waals surface area contributed by atoms with Crippen LogP contribution in [0.4, 0.5) is 5.69 Å². The maximum Gasteiger partial charge on any atom is 0.114 e. The van der Waals surface area contributed by atoms with Crippen molar-refractivity contribution in [3.63, 3.8) is 0 Å². The molecule has 0 radical (unpaired) electrons. The number of nitrogen functional groups attached to an aromatic ring is 1. The fourth-order valence-corrected chi connectivity index (χ4v) is 1.30. The molecule has 2 rings (SSSR count). The van der Waals surface area contributed by atoms with E-state index in [4.69, 9.17) is 21.8 Å². The van der Waals surface area contributed by atoms with Crippen LogP contribution >= 0.6 is 11.6 Å². The molecule has 0 aliphatic rings. The number of nitrogens with two attached hydrogens (primary N) is 1. The van der Waals surface area contributed by atoms with Crippen LogP contribution in [0.1, 0.15) is 0 Å². The molecule has 0 aliphatic heterocycles. The number of furan rings is 1. The van der Waals surface area contributed by atoms with Crippen LogP contribution in [-0.2, 0) is 0 Å². The van der Waals surface area contributed by atoms with E-state index in [2.05, 4.69) is 0 Å². The van der Waals surface area contributed by atoms with E-state index in [-0.39, 0.29) is 0 Å². The SMILES string of the molecule is Nc1cocc1-c1ccc(Cl)cc1. The minimum atomic E-state index is 0.641. The summed E-state index contributed by atoms with van der Waals surface area (Å²) in [7, 11) is 0. The molecule has 0 saturated carbocycles. The minimum Gasteiger partial charge on any atom is -0.470 e. The lowest BCUT2D eigenvalue weighted by molar-refractivity contribution is 0.569. The van der Waals surface area contributed by atoms with Crippen molar-refractivity contribution in [2.75, 3.05) is 5.73 Å². The van der Waals surface area contributed by atoms with Gasteiger partial charge in [0.05, 0.1) is 5.69 Å². The largest absolute Gasteiger partial charge is 0.470 e. The first kappa shape index (κ1) is 8.20. The first-order valence-corrected chi connectivity index (χ1v) is 4.23. The molecule has 0 saturated heterocycles. The van der Waals surface area contributed by atoms with Crippen LogP contribution < -0.4 is 5.73 Å². The topological polar surface area (TPSA) is 39.2 Å². The number of anilines is 1. The van der Waals surface area contributed by atoms with E-state index in [0.29, 0.717) is 10.7 Å². The number of hydrogen-bond donors (Lipinski definition) is 1. The van der Waals surface area contributed by atoms with Crippen LogP contribution in [0.2, 0.25) is 5.02 Å². The van der Waals surface area contributed by atoms with E-state index in [1.54, 1.807) is 6.26 Å². The molecule has 0 atom stereocenters. The lowest BCUT2D eigenvalue weighted by Crippen LogP contribution is -1.83. The maximum absolute atomic E-state index is 5.76. The minimum absolute atomic E-state index is 0.641. The van der Waals surface area contributed by atoms with Crippen LogP contribution in [0, 0.1) is 0 Å². The summed E-state index contributed by atoms with van der Waals surface area (Å²) in [5.74, 6) is 0. The molecule has 0 spiro atoms. The molecule has 66 valence electrons. The summed E-state index contributed by atoms with van der Waals surface area (Å²) in [5, 5.41) is 0.714. The second-order valence-electron chi connectivity index (χ2n) is 2.75. The number of rotatable bonds is 1. The summed E-state index contributed by atoms with van der Waals surface area (Å²) in [6.45, 7) is 0. The molecule has 2 N–H and O–H groups in total. The van der Waals surface area contributed by atoms with Crippen molar-refractivity contribution >= 4 is 17.3 Å². The molecule has 13 heavy (non-hydrogen) atoms. The molecule has 1 aromatic heterocycles. The van der Waals surface area contributed by atoms with Crippen LogP contribution in [0.25, 0.3) is 11.1 Å². The summed E-state index contributed by atoms with van der Waals surface area (Å²) in [5.41, 5.74) is 8.23. The molecule has 0 fully saturated rings. The van der Waals surface area contributed by atoms with Gasteiger partial charge in [0.15, 0.2) is 0 Å². The third-order valence-corrected chi connectivity index (χ3v) is 2.10. The summed E-state index contributed by atoms with van der Waals surface area (Å²) in [6, 6.07) is 7.46. The highest BCUT2D eigenvalue weighted by atomic mass is 35.5. The lowest BCUT2D eigenvalue weighted by Gasteiger charge is -1.97. The monoisotopic (exact) mass is 193 g/mol. The van der Waals surface area contributed by atoms with Gasteiger partial charge in [0.1, 0.15) is 12.5 Å². The molecule has 0 unspecified atom stereocenters. The summed E-state index contributed by atoms with van der Waals surface area (Å²) in [4.78, 5) is 0.